The van der Waals surface area contributed by atoms with Crippen LogP contribution in [0, 0.1) is 5.92 Å². The van der Waals surface area contributed by atoms with E-state index in [4.69, 9.17) is 9.52 Å². The topological polar surface area (TPSA) is 99.8 Å². The van der Waals surface area contributed by atoms with Crippen LogP contribution in [0.2, 0.25) is 0 Å². The second-order valence-electron chi connectivity index (χ2n) is 6.30. The molecule has 1 unspecified atom stereocenters. The van der Waals surface area contributed by atoms with Crippen molar-refractivity contribution in [3.8, 4) is 0 Å². The summed E-state index contributed by atoms with van der Waals surface area (Å²) >= 11 is 0. The lowest BCUT2D eigenvalue weighted by molar-refractivity contribution is -0.129. The summed E-state index contributed by atoms with van der Waals surface area (Å²) in [4.78, 5) is 36.8. The van der Waals surface area contributed by atoms with E-state index in [0.717, 1.165) is 5.56 Å². The van der Waals surface area contributed by atoms with Crippen LogP contribution in [0.3, 0.4) is 0 Å². The fourth-order valence-corrected chi connectivity index (χ4v) is 2.98. The lowest BCUT2D eigenvalue weighted by Crippen LogP contribution is -2.34. The average molecular weight is 356 g/mol. The van der Waals surface area contributed by atoms with Gasteiger partial charge in [0.2, 0.25) is 11.8 Å². The minimum absolute atomic E-state index is 0.0502. The maximum atomic E-state index is 12.3. The lowest BCUT2D eigenvalue weighted by atomic mass is 10.1. The van der Waals surface area contributed by atoms with Crippen molar-refractivity contribution in [3.63, 3.8) is 0 Å². The molecule has 136 valence electrons. The van der Waals surface area contributed by atoms with Gasteiger partial charge in [-0.3, -0.25) is 9.59 Å². The standard InChI is InChI=1S/C19H20N2O5/c22-17-10-15(11-21(17)12-16-2-1-9-26-16)18(23)20-8-7-13-3-5-14(6-4-13)19(24)25/h1-6,9,15H,7-8,10-12H2,(H,20,23)(H,24,25). The molecule has 0 aliphatic carbocycles. The smallest absolute Gasteiger partial charge is 0.335 e. The number of carboxylic acids is 1. The van der Waals surface area contributed by atoms with Crippen molar-refractivity contribution in [3.05, 3.63) is 59.5 Å². The number of likely N-dealkylation sites (tertiary alicyclic amines) is 1. The molecule has 2 amide bonds. The first-order valence-electron chi connectivity index (χ1n) is 8.43. The van der Waals surface area contributed by atoms with Gasteiger partial charge in [-0.1, -0.05) is 12.1 Å². The van der Waals surface area contributed by atoms with Crippen LogP contribution in [0.1, 0.15) is 28.1 Å². The Morgan fingerprint density at radius 2 is 2.00 bits per heavy atom. The molecule has 7 heteroatoms. The van der Waals surface area contributed by atoms with E-state index in [1.165, 1.54) is 0 Å². The summed E-state index contributed by atoms with van der Waals surface area (Å²) in [7, 11) is 0. The molecule has 3 rings (SSSR count). The first-order valence-corrected chi connectivity index (χ1v) is 8.43. The van der Waals surface area contributed by atoms with Gasteiger partial charge in [-0.15, -0.1) is 0 Å². The van der Waals surface area contributed by atoms with Crippen molar-refractivity contribution in [2.45, 2.75) is 19.4 Å². The zero-order valence-corrected chi connectivity index (χ0v) is 14.2. The Morgan fingerprint density at radius 1 is 1.23 bits per heavy atom. The van der Waals surface area contributed by atoms with E-state index in [2.05, 4.69) is 5.32 Å². The van der Waals surface area contributed by atoms with Crippen LogP contribution in [0.4, 0.5) is 0 Å². The molecule has 1 aromatic carbocycles. The largest absolute Gasteiger partial charge is 0.478 e. The summed E-state index contributed by atoms with van der Waals surface area (Å²) in [6.07, 6.45) is 2.37. The van der Waals surface area contributed by atoms with E-state index in [1.807, 2.05) is 0 Å². The molecule has 0 spiro atoms. The van der Waals surface area contributed by atoms with Gasteiger partial charge in [0.1, 0.15) is 5.76 Å². The molecule has 1 fully saturated rings. The third-order valence-electron chi connectivity index (χ3n) is 4.43. The summed E-state index contributed by atoms with van der Waals surface area (Å²) in [6, 6.07) is 10.1. The first kappa shape index (κ1) is 17.7. The summed E-state index contributed by atoms with van der Waals surface area (Å²) in [5.41, 5.74) is 1.18. The number of carboxylic acid groups (broad SMARTS) is 1. The first-order chi connectivity index (χ1) is 12.5. The van der Waals surface area contributed by atoms with Gasteiger partial charge in [0, 0.05) is 19.5 Å². The van der Waals surface area contributed by atoms with Gasteiger partial charge < -0.3 is 19.7 Å². The Kier molecular flexibility index (Phi) is 5.36. The van der Waals surface area contributed by atoms with Crippen LogP contribution in [0.25, 0.3) is 0 Å². The van der Waals surface area contributed by atoms with E-state index in [0.29, 0.717) is 31.8 Å². The monoisotopic (exact) mass is 356 g/mol. The highest BCUT2D eigenvalue weighted by Crippen LogP contribution is 2.20. The van der Waals surface area contributed by atoms with Gasteiger partial charge in [0.05, 0.1) is 24.3 Å². The van der Waals surface area contributed by atoms with Gasteiger partial charge in [-0.25, -0.2) is 4.79 Å². The number of hydrogen-bond donors (Lipinski definition) is 2. The van der Waals surface area contributed by atoms with Gasteiger partial charge in [0.15, 0.2) is 0 Å². The van der Waals surface area contributed by atoms with E-state index >= 15 is 0 Å². The number of hydrogen-bond acceptors (Lipinski definition) is 4. The molecule has 0 radical (unpaired) electrons. The number of aromatic carboxylic acids is 1. The third kappa shape index (κ3) is 4.30. The molecule has 1 aromatic heterocycles. The van der Waals surface area contributed by atoms with Gasteiger partial charge in [-0.05, 0) is 36.2 Å². The third-order valence-corrected chi connectivity index (χ3v) is 4.43. The fourth-order valence-electron chi connectivity index (χ4n) is 2.98. The maximum absolute atomic E-state index is 12.3. The lowest BCUT2D eigenvalue weighted by Gasteiger charge is -2.15. The molecule has 2 heterocycles. The van der Waals surface area contributed by atoms with Crippen LogP contribution in [0.5, 0.6) is 0 Å². The predicted octanol–water partition coefficient (Wildman–Crippen LogP) is 1.69. The quantitative estimate of drug-likeness (QED) is 0.786. The van der Waals surface area contributed by atoms with E-state index in [9.17, 15) is 14.4 Å². The summed E-state index contributed by atoms with van der Waals surface area (Å²) in [5, 5.41) is 11.7. The van der Waals surface area contributed by atoms with Gasteiger partial charge in [0.25, 0.3) is 0 Å². The SMILES string of the molecule is O=C(O)c1ccc(CCNC(=O)C2CC(=O)N(Cc3ccco3)C2)cc1. The molecule has 1 saturated heterocycles. The number of carbonyl (C=O) groups excluding carboxylic acids is 2. The zero-order chi connectivity index (χ0) is 18.5. The van der Waals surface area contributed by atoms with Crippen LogP contribution < -0.4 is 5.32 Å². The van der Waals surface area contributed by atoms with Crippen molar-refractivity contribution < 1.29 is 23.9 Å². The zero-order valence-electron chi connectivity index (χ0n) is 14.2. The highest BCUT2D eigenvalue weighted by atomic mass is 16.4. The van der Waals surface area contributed by atoms with Crippen molar-refractivity contribution in [1.82, 2.24) is 10.2 Å². The minimum Gasteiger partial charge on any atom is -0.478 e. The number of nitrogens with zero attached hydrogens (tertiary/aromatic N) is 1. The van der Waals surface area contributed by atoms with Crippen LogP contribution in [-0.4, -0.2) is 40.9 Å². The summed E-state index contributed by atoms with van der Waals surface area (Å²) in [6.45, 7) is 1.21. The molecule has 1 aliphatic heterocycles. The molecule has 26 heavy (non-hydrogen) atoms. The molecule has 0 saturated carbocycles. The van der Waals surface area contributed by atoms with Crippen LogP contribution >= 0.6 is 0 Å². The predicted molar refractivity (Wildman–Crippen MR) is 92.3 cm³/mol. The number of carbonyl (C=O) groups is 3. The number of benzene rings is 1. The average Bonchev–Trinajstić information content (AvgIpc) is 3.26. The highest BCUT2D eigenvalue weighted by Gasteiger charge is 2.34. The Balaban J connectivity index is 1.45. The summed E-state index contributed by atoms with van der Waals surface area (Å²) in [5.74, 6) is -0.806. The number of rotatable bonds is 7. The van der Waals surface area contributed by atoms with Crippen molar-refractivity contribution >= 4 is 17.8 Å². The minimum atomic E-state index is -0.963. The Morgan fingerprint density at radius 3 is 2.65 bits per heavy atom. The van der Waals surface area contributed by atoms with E-state index in [-0.39, 0.29) is 29.7 Å². The molecule has 7 nitrogen and oxygen atoms in total. The molecule has 2 N–H and O–H groups in total. The summed E-state index contributed by atoms with van der Waals surface area (Å²) < 4.78 is 5.25. The second-order valence-corrected chi connectivity index (χ2v) is 6.30. The van der Waals surface area contributed by atoms with Crippen molar-refractivity contribution in [2.24, 2.45) is 5.92 Å². The van der Waals surface area contributed by atoms with Crippen LogP contribution in [-0.2, 0) is 22.6 Å². The van der Waals surface area contributed by atoms with Crippen molar-refractivity contribution in [1.29, 1.82) is 0 Å². The number of furan rings is 1. The highest BCUT2D eigenvalue weighted by molar-refractivity contribution is 5.89. The number of nitrogens with one attached hydrogen (secondary N) is 1. The van der Waals surface area contributed by atoms with Crippen LogP contribution in [0.15, 0.2) is 47.1 Å². The molecule has 1 atom stereocenters. The van der Waals surface area contributed by atoms with E-state index in [1.54, 1.807) is 47.6 Å². The Bertz CT molecular complexity index is 783. The fraction of sp³-hybridized carbons (Fsp3) is 0.316. The molecule has 0 bridgehead atoms. The molecule has 1 aliphatic rings. The van der Waals surface area contributed by atoms with Crippen molar-refractivity contribution in [2.75, 3.05) is 13.1 Å². The number of amides is 2. The van der Waals surface area contributed by atoms with Gasteiger partial charge in [-0.2, -0.15) is 0 Å². The Labute approximate surface area is 150 Å². The molecule has 2 aromatic rings. The Hall–Kier alpha value is -3.09. The molecular formula is C19H20N2O5. The molecular weight excluding hydrogens is 336 g/mol. The maximum Gasteiger partial charge on any atom is 0.335 e. The normalized spacial score (nSPS) is 16.7. The second kappa shape index (κ2) is 7.86. The van der Waals surface area contributed by atoms with E-state index < -0.39 is 5.97 Å². The van der Waals surface area contributed by atoms with Gasteiger partial charge >= 0.3 is 5.97 Å².